The molecule has 0 aromatic heterocycles. The van der Waals surface area contributed by atoms with Crippen molar-refractivity contribution in [2.75, 3.05) is 26.2 Å². The van der Waals surface area contributed by atoms with E-state index in [0.29, 0.717) is 5.54 Å². The minimum Gasteiger partial charge on any atom is -0.316 e. The van der Waals surface area contributed by atoms with Gasteiger partial charge in [-0.25, -0.2) is 0 Å². The van der Waals surface area contributed by atoms with Crippen molar-refractivity contribution in [3.63, 3.8) is 0 Å². The zero-order chi connectivity index (χ0) is 9.61. The van der Waals surface area contributed by atoms with Crippen LogP contribution in [-0.4, -0.2) is 36.6 Å². The third kappa shape index (κ3) is 4.73. The molecule has 0 aromatic rings. The average Bonchev–Trinajstić information content (AvgIpc) is 1.95. The van der Waals surface area contributed by atoms with Crippen molar-refractivity contribution in [1.29, 1.82) is 0 Å². The number of hydrogen-bond donors (Lipinski definition) is 1. The fraction of sp³-hybridized carbons (Fsp3) is 1.00. The fourth-order valence-corrected chi connectivity index (χ4v) is 1.36. The molecule has 0 aliphatic rings. The molecule has 0 aliphatic carbocycles. The van der Waals surface area contributed by atoms with Gasteiger partial charge in [-0.2, -0.15) is 0 Å². The summed E-state index contributed by atoms with van der Waals surface area (Å²) in [6, 6.07) is 0. The minimum absolute atomic E-state index is 0.310. The molecule has 1 N–H and O–H groups in total. The molecule has 74 valence electrons. The van der Waals surface area contributed by atoms with Crippen molar-refractivity contribution in [1.82, 2.24) is 10.2 Å². The molecule has 0 saturated heterocycles. The lowest BCUT2D eigenvalue weighted by Crippen LogP contribution is -2.44. The summed E-state index contributed by atoms with van der Waals surface area (Å²) in [5.41, 5.74) is 0.310. The molecule has 12 heavy (non-hydrogen) atoms. The van der Waals surface area contributed by atoms with Crippen LogP contribution in [0.25, 0.3) is 0 Å². The van der Waals surface area contributed by atoms with Crippen LogP contribution in [0.15, 0.2) is 0 Å². The minimum atomic E-state index is 0.310. The molecule has 0 atom stereocenters. The summed E-state index contributed by atoms with van der Waals surface area (Å²) in [7, 11) is 0. The summed E-state index contributed by atoms with van der Waals surface area (Å²) < 4.78 is 0. The van der Waals surface area contributed by atoms with E-state index in [-0.39, 0.29) is 0 Å². The van der Waals surface area contributed by atoms with Crippen LogP contribution in [0.5, 0.6) is 0 Å². The second-order valence-corrected chi connectivity index (χ2v) is 4.10. The standard InChI is InChI=1S/C10H24N2/c1-6-11-8-9-12(7-2)10(3,4)5/h11H,6-9H2,1-5H3. The van der Waals surface area contributed by atoms with E-state index in [1.54, 1.807) is 0 Å². The van der Waals surface area contributed by atoms with Gasteiger partial charge in [0.05, 0.1) is 0 Å². The molecule has 0 aromatic carbocycles. The molecule has 0 bridgehead atoms. The Morgan fingerprint density at radius 2 is 1.75 bits per heavy atom. The third-order valence-electron chi connectivity index (χ3n) is 2.14. The monoisotopic (exact) mass is 172 g/mol. The SMILES string of the molecule is CCNCCN(CC)C(C)(C)C. The zero-order valence-corrected chi connectivity index (χ0v) is 9.28. The van der Waals surface area contributed by atoms with E-state index in [2.05, 4.69) is 44.8 Å². The molecular weight excluding hydrogens is 148 g/mol. The summed E-state index contributed by atoms with van der Waals surface area (Å²) >= 11 is 0. The first-order valence-corrected chi connectivity index (χ1v) is 4.98. The lowest BCUT2D eigenvalue weighted by Gasteiger charge is -2.34. The molecule has 2 nitrogen and oxygen atoms in total. The van der Waals surface area contributed by atoms with Crippen LogP contribution < -0.4 is 5.32 Å². The van der Waals surface area contributed by atoms with Gasteiger partial charge in [-0.1, -0.05) is 13.8 Å². The van der Waals surface area contributed by atoms with Gasteiger partial charge in [-0.05, 0) is 33.9 Å². The van der Waals surface area contributed by atoms with Crippen molar-refractivity contribution in [3.05, 3.63) is 0 Å². The van der Waals surface area contributed by atoms with Gasteiger partial charge in [0.25, 0.3) is 0 Å². The van der Waals surface area contributed by atoms with E-state index in [4.69, 9.17) is 0 Å². The van der Waals surface area contributed by atoms with Gasteiger partial charge in [-0.3, -0.25) is 4.90 Å². The van der Waals surface area contributed by atoms with Gasteiger partial charge in [0.1, 0.15) is 0 Å². The molecule has 0 aliphatic heterocycles. The fourth-order valence-electron chi connectivity index (χ4n) is 1.36. The van der Waals surface area contributed by atoms with Crippen LogP contribution in [0.3, 0.4) is 0 Å². The molecule has 0 spiro atoms. The van der Waals surface area contributed by atoms with E-state index >= 15 is 0 Å². The van der Waals surface area contributed by atoms with Gasteiger partial charge in [-0.15, -0.1) is 0 Å². The predicted molar refractivity (Wildman–Crippen MR) is 55.5 cm³/mol. The van der Waals surface area contributed by atoms with Crippen molar-refractivity contribution in [2.24, 2.45) is 0 Å². The maximum Gasteiger partial charge on any atom is 0.0125 e. The van der Waals surface area contributed by atoms with Gasteiger partial charge in [0, 0.05) is 18.6 Å². The quantitative estimate of drug-likeness (QED) is 0.635. The molecule has 0 unspecified atom stereocenters. The summed E-state index contributed by atoms with van der Waals surface area (Å²) in [5, 5.41) is 3.34. The highest BCUT2D eigenvalue weighted by molar-refractivity contribution is 4.75. The first-order chi connectivity index (χ1) is 5.52. The number of hydrogen-bond acceptors (Lipinski definition) is 2. The molecule has 2 heteroatoms. The number of likely N-dealkylation sites (N-methyl/N-ethyl adjacent to an activating group) is 2. The van der Waals surface area contributed by atoms with E-state index in [9.17, 15) is 0 Å². The number of nitrogens with one attached hydrogen (secondary N) is 1. The molecule has 0 rings (SSSR count). The van der Waals surface area contributed by atoms with Gasteiger partial charge in [0.2, 0.25) is 0 Å². The van der Waals surface area contributed by atoms with Crippen LogP contribution in [0.4, 0.5) is 0 Å². The average molecular weight is 172 g/mol. The van der Waals surface area contributed by atoms with Gasteiger partial charge < -0.3 is 5.32 Å². The Hall–Kier alpha value is -0.0800. The van der Waals surface area contributed by atoms with Crippen molar-refractivity contribution < 1.29 is 0 Å². The lowest BCUT2D eigenvalue weighted by atomic mass is 10.1. The summed E-state index contributed by atoms with van der Waals surface area (Å²) in [6.07, 6.45) is 0. The van der Waals surface area contributed by atoms with E-state index < -0.39 is 0 Å². The Balaban J connectivity index is 3.68. The second kappa shape index (κ2) is 5.55. The highest BCUT2D eigenvalue weighted by atomic mass is 15.2. The molecule has 0 saturated carbocycles. The van der Waals surface area contributed by atoms with E-state index in [1.165, 1.54) is 0 Å². The molecule has 0 amide bonds. The summed E-state index contributed by atoms with van der Waals surface area (Å²) in [4.78, 5) is 2.48. The molecule has 0 heterocycles. The van der Waals surface area contributed by atoms with Crippen molar-refractivity contribution >= 4 is 0 Å². The first kappa shape index (κ1) is 11.9. The van der Waals surface area contributed by atoms with Crippen LogP contribution >= 0.6 is 0 Å². The summed E-state index contributed by atoms with van der Waals surface area (Å²) in [5.74, 6) is 0. The predicted octanol–water partition coefficient (Wildman–Crippen LogP) is 1.72. The maximum atomic E-state index is 3.34. The Labute approximate surface area is 77.3 Å². The normalized spacial score (nSPS) is 12.5. The van der Waals surface area contributed by atoms with Crippen LogP contribution in [0, 0.1) is 0 Å². The highest BCUT2D eigenvalue weighted by Gasteiger charge is 2.18. The van der Waals surface area contributed by atoms with E-state index in [0.717, 1.165) is 26.2 Å². The summed E-state index contributed by atoms with van der Waals surface area (Å²) in [6.45, 7) is 15.6. The zero-order valence-electron chi connectivity index (χ0n) is 9.28. The molecule has 0 radical (unpaired) electrons. The first-order valence-electron chi connectivity index (χ1n) is 4.98. The van der Waals surface area contributed by atoms with Crippen molar-refractivity contribution in [3.8, 4) is 0 Å². The van der Waals surface area contributed by atoms with Crippen molar-refractivity contribution in [2.45, 2.75) is 40.2 Å². The van der Waals surface area contributed by atoms with Crippen LogP contribution in [0.1, 0.15) is 34.6 Å². The second-order valence-electron chi connectivity index (χ2n) is 4.10. The Bertz CT molecular complexity index is 105. The molecule has 0 fully saturated rings. The Morgan fingerprint density at radius 1 is 1.17 bits per heavy atom. The molecular formula is C10H24N2. The van der Waals surface area contributed by atoms with Crippen LogP contribution in [-0.2, 0) is 0 Å². The van der Waals surface area contributed by atoms with Gasteiger partial charge in [0.15, 0.2) is 0 Å². The Kier molecular flexibility index (Phi) is 5.51. The number of nitrogens with zero attached hydrogens (tertiary/aromatic N) is 1. The topological polar surface area (TPSA) is 15.3 Å². The van der Waals surface area contributed by atoms with Crippen LogP contribution in [0.2, 0.25) is 0 Å². The number of rotatable bonds is 5. The lowest BCUT2D eigenvalue weighted by molar-refractivity contribution is 0.146. The van der Waals surface area contributed by atoms with Gasteiger partial charge >= 0.3 is 0 Å². The largest absolute Gasteiger partial charge is 0.316 e. The smallest absolute Gasteiger partial charge is 0.0125 e. The third-order valence-corrected chi connectivity index (χ3v) is 2.14. The van der Waals surface area contributed by atoms with E-state index in [1.807, 2.05) is 0 Å². The Morgan fingerprint density at radius 3 is 2.08 bits per heavy atom. The maximum absolute atomic E-state index is 3.34. The highest BCUT2D eigenvalue weighted by Crippen LogP contribution is 2.11.